The van der Waals surface area contributed by atoms with E-state index in [4.69, 9.17) is 5.73 Å². The maximum atomic E-state index is 6.20. The Morgan fingerprint density at radius 3 is 2.50 bits per heavy atom. The van der Waals surface area contributed by atoms with E-state index in [9.17, 15) is 0 Å². The van der Waals surface area contributed by atoms with Crippen molar-refractivity contribution in [1.82, 2.24) is 9.78 Å². The maximum absolute atomic E-state index is 6.20. The minimum absolute atomic E-state index is 0.102. The van der Waals surface area contributed by atoms with Gasteiger partial charge in [0.1, 0.15) is 0 Å². The highest BCUT2D eigenvalue weighted by molar-refractivity contribution is 5.05. The van der Waals surface area contributed by atoms with Crippen molar-refractivity contribution in [3.63, 3.8) is 0 Å². The summed E-state index contributed by atoms with van der Waals surface area (Å²) in [6.07, 6.45) is 4.04. The van der Waals surface area contributed by atoms with E-state index < -0.39 is 0 Å². The smallest absolute Gasteiger partial charge is 0.0548 e. The number of rotatable bonds is 4. The highest BCUT2D eigenvalue weighted by atomic mass is 15.3. The standard InChI is InChI=1S/C13H25N3/c1-10(9-13(2,3)4)8-11(14)12-6-7-15-16(12)5/h6-7,10-11H,8-9,14H2,1-5H3. The van der Waals surface area contributed by atoms with Crippen molar-refractivity contribution < 1.29 is 0 Å². The lowest BCUT2D eigenvalue weighted by Gasteiger charge is -2.25. The van der Waals surface area contributed by atoms with Crippen molar-refractivity contribution in [2.24, 2.45) is 24.1 Å². The van der Waals surface area contributed by atoms with Gasteiger partial charge in [-0.1, -0.05) is 27.7 Å². The predicted molar refractivity (Wildman–Crippen MR) is 68.0 cm³/mol. The number of nitrogens with two attached hydrogens (primary N) is 1. The molecule has 0 aliphatic heterocycles. The number of nitrogens with zero attached hydrogens (tertiary/aromatic N) is 2. The summed E-state index contributed by atoms with van der Waals surface area (Å²) in [5, 5.41) is 4.16. The summed E-state index contributed by atoms with van der Waals surface area (Å²) < 4.78 is 1.87. The van der Waals surface area contributed by atoms with Crippen molar-refractivity contribution in [3.05, 3.63) is 18.0 Å². The van der Waals surface area contributed by atoms with Crippen LogP contribution in [0.3, 0.4) is 0 Å². The van der Waals surface area contributed by atoms with Crippen molar-refractivity contribution in [2.75, 3.05) is 0 Å². The van der Waals surface area contributed by atoms with Crippen molar-refractivity contribution >= 4 is 0 Å². The molecule has 1 aromatic rings. The zero-order valence-electron chi connectivity index (χ0n) is 11.2. The molecule has 1 rings (SSSR count). The Morgan fingerprint density at radius 2 is 2.06 bits per heavy atom. The van der Waals surface area contributed by atoms with E-state index in [1.54, 1.807) is 0 Å². The van der Waals surface area contributed by atoms with Crippen LogP contribution in [0.4, 0.5) is 0 Å². The zero-order chi connectivity index (χ0) is 12.3. The second-order valence-electron chi connectivity index (χ2n) is 6.09. The topological polar surface area (TPSA) is 43.8 Å². The van der Waals surface area contributed by atoms with Crippen molar-refractivity contribution in [1.29, 1.82) is 0 Å². The molecule has 3 heteroatoms. The van der Waals surface area contributed by atoms with Gasteiger partial charge in [0.2, 0.25) is 0 Å². The van der Waals surface area contributed by atoms with Crippen LogP contribution in [0.2, 0.25) is 0 Å². The average Bonchev–Trinajstić information content (AvgIpc) is 2.47. The Kier molecular flexibility index (Phi) is 4.14. The normalized spacial score (nSPS) is 16.1. The van der Waals surface area contributed by atoms with E-state index in [0.29, 0.717) is 11.3 Å². The summed E-state index contributed by atoms with van der Waals surface area (Å²) >= 11 is 0. The fourth-order valence-corrected chi connectivity index (χ4v) is 2.43. The van der Waals surface area contributed by atoms with Crippen LogP contribution in [0.5, 0.6) is 0 Å². The Labute approximate surface area is 99.0 Å². The number of hydrogen-bond acceptors (Lipinski definition) is 2. The number of aromatic nitrogens is 2. The molecular weight excluding hydrogens is 198 g/mol. The molecule has 3 nitrogen and oxygen atoms in total. The molecule has 2 atom stereocenters. The second kappa shape index (κ2) is 5.00. The van der Waals surface area contributed by atoms with Gasteiger partial charge in [-0.3, -0.25) is 4.68 Å². The molecule has 0 amide bonds. The van der Waals surface area contributed by atoms with E-state index in [1.807, 2.05) is 24.0 Å². The lowest BCUT2D eigenvalue weighted by molar-refractivity contribution is 0.284. The molecule has 0 saturated heterocycles. The minimum atomic E-state index is 0.102. The van der Waals surface area contributed by atoms with Gasteiger partial charge in [0.05, 0.1) is 5.69 Å². The molecule has 2 N–H and O–H groups in total. The van der Waals surface area contributed by atoms with Gasteiger partial charge < -0.3 is 5.73 Å². The summed E-state index contributed by atoms with van der Waals surface area (Å²) in [6.45, 7) is 9.11. The summed E-state index contributed by atoms with van der Waals surface area (Å²) in [7, 11) is 1.95. The van der Waals surface area contributed by atoms with Crippen LogP contribution in [0, 0.1) is 11.3 Å². The predicted octanol–water partition coefficient (Wildman–Crippen LogP) is 2.88. The Balaban J connectivity index is 2.52. The van der Waals surface area contributed by atoms with Gasteiger partial charge in [0, 0.05) is 19.3 Å². The zero-order valence-corrected chi connectivity index (χ0v) is 11.2. The molecular formula is C13H25N3. The molecule has 0 fully saturated rings. The van der Waals surface area contributed by atoms with Crippen LogP contribution in [-0.4, -0.2) is 9.78 Å². The SMILES string of the molecule is CC(CC(N)c1ccnn1C)CC(C)(C)C. The third kappa shape index (κ3) is 3.97. The molecule has 0 radical (unpaired) electrons. The minimum Gasteiger partial charge on any atom is -0.323 e. The second-order valence-corrected chi connectivity index (χ2v) is 6.09. The third-order valence-electron chi connectivity index (χ3n) is 2.86. The first kappa shape index (κ1) is 13.2. The Hall–Kier alpha value is -0.830. The average molecular weight is 223 g/mol. The van der Waals surface area contributed by atoms with Crippen LogP contribution in [0.1, 0.15) is 52.3 Å². The fraction of sp³-hybridized carbons (Fsp3) is 0.769. The van der Waals surface area contributed by atoms with Crippen LogP contribution in [-0.2, 0) is 7.05 Å². The lowest BCUT2D eigenvalue weighted by atomic mass is 9.82. The van der Waals surface area contributed by atoms with E-state index >= 15 is 0 Å². The van der Waals surface area contributed by atoms with Crippen LogP contribution < -0.4 is 5.73 Å². The fourth-order valence-electron chi connectivity index (χ4n) is 2.43. The largest absolute Gasteiger partial charge is 0.323 e. The molecule has 0 spiro atoms. The summed E-state index contributed by atoms with van der Waals surface area (Å²) in [5.74, 6) is 0.643. The van der Waals surface area contributed by atoms with E-state index in [1.165, 1.54) is 6.42 Å². The molecule has 1 heterocycles. The maximum Gasteiger partial charge on any atom is 0.0548 e. The molecule has 16 heavy (non-hydrogen) atoms. The summed E-state index contributed by atoms with van der Waals surface area (Å²) in [6, 6.07) is 2.11. The molecule has 0 saturated carbocycles. The molecule has 0 bridgehead atoms. The van der Waals surface area contributed by atoms with Crippen LogP contribution in [0.25, 0.3) is 0 Å². The monoisotopic (exact) mass is 223 g/mol. The van der Waals surface area contributed by atoms with Gasteiger partial charge >= 0.3 is 0 Å². The van der Waals surface area contributed by atoms with Gasteiger partial charge in [-0.2, -0.15) is 5.10 Å². The van der Waals surface area contributed by atoms with Gasteiger partial charge in [0.25, 0.3) is 0 Å². The van der Waals surface area contributed by atoms with E-state index in [-0.39, 0.29) is 6.04 Å². The lowest BCUT2D eigenvalue weighted by Crippen LogP contribution is -2.20. The molecule has 2 unspecified atom stereocenters. The van der Waals surface area contributed by atoms with Gasteiger partial charge in [-0.05, 0) is 30.2 Å². The summed E-state index contributed by atoms with van der Waals surface area (Å²) in [4.78, 5) is 0. The number of hydrogen-bond donors (Lipinski definition) is 1. The van der Waals surface area contributed by atoms with E-state index in [2.05, 4.69) is 32.8 Å². The highest BCUT2D eigenvalue weighted by Gasteiger charge is 2.19. The molecule has 1 aromatic heterocycles. The molecule has 0 aliphatic carbocycles. The summed E-state index contributed by atoms with van der Waals surface area (Å²) in [5.41, 5.74) is 7.71. The number of aryl methyl sites for hydroxylation is 1. The molecule has 0 aliphatic rings. The highest BCUT2D eigenvalue weighted by Crippen LogP contribution is 2.29. The first-order valence-corrected chi connectivity index (χ1v) is 6.03. The quantitative estimate of drug-likeness (QED) is 0.853. The van der Waals surface area contributed by atoms with Gasteiger partial charge in [-0.15, -0.1) is 0 Å². The van der Waals surface area contributed by atoms with Crippen molar-refractivity contribution in [3.8, 4) is 0 Å². The molecule has 92 valence electrons. The van der Waals surface area contributed by atoms with E-state index in [0.717, 1.165) is 12.1 Å². The third-order valence-corrected chi connectivity index (χ3v) is 2.86. The van der Waals surface area contributed by atoms with Crippen LogP contribution >= 0.6 is 0 Å². The van der Waals surface area contributed by atoms with Crippen LogP contribution in [0.15, 0.2) is 12.3 Å². The Bertz CT molecular complexity index is 322. The van der Waals surface area contributed by atoms with Crippen molar-refractivity contribution in [2.45, 2.75) is 46.6 Å². The Morgan fingerprint density at radius 1 is 1.44 bits per heavy atom. The first-order valence-electron chi connectivity index (χ1n) is 6.03. The first-order chi connectivity index (χ1) is 7.29. The van der Waals surface area contributed by atoms with Gasteiger partial charge in [-0.25, -0.2) is 0 Å². The van der Waals surface area contributed by atoms with Gasteiger partial charge in [0.15, 0.2) is 0 Å². The molecule has 0 aromatic carbocycles.